The second kappa shape index (κ2) is 4.51. The topological polar surface area (TPSA) is 55.1 Å². The maximum absolute atomic E-state index is 12.9. The van der Waals surface area contributed by atoms with Crippen LogP contribution in [-0.2, 0) is 0 Å². The van der Waals surface area contributed by atoms with Gasteiger partial charge in [-0.25, -0.2) is 4.39 Å². The van der Waals surface area contributed by atoms with Crippen LogP contribution in [-0.4, -0.2) is 12.5 Å². The van der Waals surface area contributed by atoms with Crippen molar-refractivity contribution in [1.82, 2.24) is 5.32 Å². The molecular formula is C12H15FN2O. The fourth-order valence-electron chi connectivity index (χ4n) is 1.75. The van der Waals surface area contributed by atoms with Crippen molar-refractivity contribution in [3.63, 3.8) is 0 Å². The molecule has 86 valence electrons. The van der Waals surface area contributed by atoms with Gasteiger partial charge >= 0.3 is 0 Å². The monoisotopic (exact) mass is 222 g/mol. The lowest BCUT2D eigenvalue weighted by atomic mass is 9.85. The SMILES string of the molecule is Nc1ccc(F)cc1C(=O)NCC1CCC1. The van der Waals surface area contributed by atoms with Crippen LogP contribution >= 0.6 is 0 Å². The minimum absolute atomic E-state index is 0.222. The van der Waals surface area contributed by atoms with Gasteiger partial charge in [-0.3, -0.25) is 4.79 Å². The number of rotatable bonds is 3. The van der Waals surface area contributed by atoms with Gasteiger partial charge in [0.1, 0.15) is 5.82 Å². The molecule has 3 N–H and O–H groups in total. The standard InChI is InChI=1S/C12H15FN2O/c13-9-4-5-11(14)10(6-9)12(16)15-7-8-2-1-3-8/h4-6,8H,1-3,7,14H2,(H,15,16). The van der Waals surface area contributed by atoms with E-state index in [0.717, 1.165) is 0 Å². The summed E-state index contributed by atoms with van der Waals surface area (Å²) in [6.07, 6.45) is 3.57. The highest BCUT2D eigenvalue weighted by atomic mass is 19.1. The van der Waals surface area contributed by atoms with E-state index in [1.807, 2.05) is 0 Å². The Morgan fingerprint density at radius 3 is 2.88 bits per heavy atom. The second-order valence-corrected chi connectivity index (χ2v) is 4.24. The van der Waals surface area contributed by atoms with E-state index in [1.54, 1.807) is 0 Å². The molecule has 4 heteroatoms. The van der Waals surface area contributed by atoms with Crippen molar-refractivity contribution < 1.29 is 9.18 Å². The Balaban J connectivity index is 1.99. The number of nitrogen functional groups attached to an aromatic ring is 1. The van der Waals surface area contributed by atoms with Gasteiger partial charge in [0, 0.05) is 12.2 Å². The summed E-state index contributed by atoms with van der Waals surface area (Å²) in [4.78, 5) is 11.7. The molecule has 3 nitrogen and oxygen atoms in total. The van der Waals surface area contributed by atoms with Crippen molar-refractivity contribution in [2.75, 3.05) is 12.3 Å². The molecule has 0 heterocycles. The van der Waals surface area contributed by atoms with Crippen molar-refractivity contribution in [2.24, 2.45) is 5.92 Å². The number of amides is 1. The fraction of sp³-hybridized carbons (Fsp3) is 0.417. The highest BCUT2D eigenvalue weighted by Crippen LogP contribution is 2.25. The first-order valence-electron chi connectivity index (χ1n) is 5.50. The minimum Gasteiger partial charge on any atom is -0.398 e. The van der Waals surface area contributed by atoms with Crippen LogP contribution in [0.25, 0.3) is 0 Å². The number of benzene rings is 1. The van der Waals surface area contributed by atoms with Crippen LogP contribution in [0, 0.1) is 11.7 Å². The molecule has 1 aromatic carbocycles. The Labute approximate surface area is 93.8 Å². The van der Waals surface area contributed by atoms with E-state index < -0.39 is 5.82 Å². The average Bonchev–Trinajstić information content (AvgIpc) is 2.19. The largest absolute Gasteiger partial charge is 0.398 e. The van der Waals surface area contributed by atoms with Crippen LogP contribution < -0.4 is 11.1 Å². The zero-order valence-corrected chi connectivity index (χ0v) is 9.00. The number of carbonyl (C=O) groups is 1. The fourth-order valence-corrected chi connectivity index (χ4v) is 1.75. The molecule has 1 saturated carbocycles. The van der Waals surface area contributed by atoms with Crippen molar-refractivity contribution in [1.29, 1.82) is 0 Å². The minimum atomic E-state index is -0.442. The molecule has 0 saturated heterocycles. The first-order chi connectivity index (χ1) is 7.66. The summed E-state index contributed by atoms with van der Waals surface area (Å²) < 4.78 is 12.9. The second-order valence-electron chi connectivity index (χ2n) is 4.24. The Hall–Kier alpha value is -1.58. The van der Waals surface area contributed by atoms with Crippen LogP contribution in [0.1, 0.15) is 29.6 Å². The van der Waals surface area contributed by atoms with Gasteiger partial charge in [0.05, 0.1) is 5.56 Å². The summed E-state index contributed by atoms with van der Waals surface area (Å²) in [7, 11) is 0. The lowest BCUT2D eigenvalue weighted by Crippen LogP contribution is -2.32. The zero-order chi connectivity index (χ0) is 11.5. The predicted molar refractivity (Wildman–Crippen MR) is 60.5 cm³/mol. The van der Waals surface area contributed by atoms with E-state index in [1.165, 1.54) is 37.5 Å². The summed E-state index contributed by atoms with van der Waals surface area (Å²) in [5.74, 6) is -0.148. The van der Waals surface area contributed by atoms with Crippen LogP contribution in [0.5, 0.6) is 0 Å². The number of nitrogens with one attached hydrogen (secondary N) is 1. The van der Waals surface area contributed by atoms with E-state index in [9.17, 15) is 9.18 Å². The number of hydrogen-bond acceptors (Lipinski definition) is 2. The maximum atomic E-state index is 12.9. The van der Waals surface area contributed by atoms with Crippen molar-refractivity contribution in [3.05, 3.63) is 29.6 Å². The first kappa shape index (κ1) is 10.9. The summed E-state index contributed by atoms with van der Waals surface area (Å²) in [6.45, 7) is 0.661. The first-order valence-corrected chi connectivity index (χ1v) is 5.50. The van der Waals surface area contributed by atoms with E-state index >= 15 is 0 Å². The van der Waals surface area contributed by atoms with Gasteiger partial charge in [-0.15, -0.1) is 0 Å². The molecule has 0 aromatic heterocycles. The summed E-state index contributed by atoms with van der Waals surface area (Å²) in [5, 5.41) is 2.78. The molecule has 0 bridgehead atoms. The maximum Gasteiger partial charge on any atom is 0.253 e. The van der Waals surface area contributed by atoms with Crippen LogP contribution in [0.15, 0.2) is 18.2 Å². The Morgan fingerprint density at radius 2 is 2.25 bits per heavy atom. The molecule has 16 heavy (non-hydrogen) atoms. The molecule has 0 unspecified atom stereocenters. The molecular weight excluding hydrogens is 207 g/mol. The summed E-state index contributed by atoms with van der Waals surface area (Å²) in [6, 6.07) is 3.83. The molecule has 0 aliphatic heterocycles. The van der Waals surface area contributed by atoms with Crippen molar-refractivity contribution in [3.8, 4) is 0 Å². The van der Waals surface area contributed by atoms with Gasteiger partial charge in [-0.2, -0.15) is 0 Å². The van der Waals surface area contributed by atoms with E-state index in [4.69, 9.17) is 5.73 Å². The third-order valence-electron chi connectivity index (χ3n) is 3.04. The molecule has 2 rings (SSSR count). The number of halogens is 1. The Morgan fingerprint density at radius 1 is 1.50 bits per heavy atom. The molecule has 1 aromatic rings. The highest BCUT2D eigenvalue weighted by Gasteiger charge is 2.19. The van der Waals surface area contributed by atoms with E-state index in [2.05, 4.69) is 5.32 Å². The zero-order valence-electron chi connectivity index (χ0n) is 9.00. The molecule has 1 aliphatic carbocycles. The van der Waals surface area contributed by atoms with Crippen LogP contribution in [0.2, 0.25) is 0 Å². The number of anilines is 1. The smallest absolute Gasteiger partial charge is 0.253 e. The molecule has 1 aliphatic rings. The van der Waals surface area contributed by atoms with Crippen LogP contribution in [0.3, 0.4) is 0 Å². The normalized spacial score (nSPS) is 15.6. The molecule has 0 spiro atoms. The van der Waals surface area contributed by atoms with Gasteiger partial charge in [-0.05, 0) is 37.0 Å². The van der Waals surface area contributed by atoms with Gasteiger partial charge in [0.15, 0.2) is 0 Å². The Kier molecular flexibility index (Phi) is 3.08. The molecule has 1 fully saturated rings. The molecule has 0 atom stereocenters. The summed E-state index contributed by atoms with van der Waals surface area (Å²) in [5.41, 5.74) is 6.15. The summed E-state index contributed by atoms with van der Waals surface area (Å²) >= 11 is 0. The third-order valence-corrected chi connectivity index (χ3v) is 3.04. The van der Waals surface area contributed by atoms with Gasteiger partial charge in [0.2, 0.25) is 0 Å². The third kappa shape index (κ3) is 2.32. The predicted octanol–water partition coefficient (Wildman–Crippen LogP) is 1.94. The van der Waals surface area contributed by atoms with Crippen molar-refractivity contribution >= 4 is 11.6 Å². The number of nitrogens with two attached hydrogens (primary N) is 1. The number of hydrogen-bond donors (Lipinski definition) is 2. The van der Waals surface area contributed by atoms with Gasteiger partial charge in [-0.1, -0.05) is 6.42 Å². The van der Waals surface area contributed by atoms with Gasteiger partial charge in [0.25, 0.3) is 5.91 Å². The van der Waals surface area contributed by atoms with E-state index in [-0.39, 0.29) is 11.5 Å². The van der Waals surface area contributed by atoms with Crippen LogP contribution in [0.4, 0.5) is 10.1 Å². The molecule has 1 amide bonds. The van der Waals surface area contributed by atoms with Gasteiger partial charge < -0.3 is 11.1 Å². The molecule has 0 radical (unpaired) electrons. The highest BCUT2D eigenvalue weighted by molar-refractivity contribution is 5.99. The quantitative estimate of drug-likeness (QED) is 0.768. The average molecular weight is 222 g/mol. The van der Waals surface area contributed by atoms with Crippen molar-refractivity contribution in [2.45, 2.75) is 19.3 Å². The number of carbonyl (C=O) groups excluding carboxylic acids is 1. The Bertz CT molecular complexity index is 402. The lowest BCUT2D eigenvalue weighted by molar-refractivity contribution is 0.0939. The lowest BCUT2D eigenvalue weighted by Gasteiger charge is -2.25. The van der Waals surface area contributed by atoms with E-state index in [0.29, 0.717) is 18.2 Å².